The predicted molar refractivity (Wildman–Crippen MR) is 104 cm³/mol. The largest absolute Gasteiger partial charge is 0.496 e. The molecule has 0 aromatic heterocycles. The minimum atomic E-state index is 0.859. The molecule has 0 bridgehead atoms. The summed E-state index contributed by atoms with van der Waals surface area (Å²) in [5, 5.41) is 0. The van der Waals surface area contributed by atoms with Crippen molar-refractivity contribution in [2.24, 2.45) is 0 Å². The number of hydrogen-bond acceptors (Lipinski definition) is 2. The predicted octanol–water partition coefficient (Wildman–Crippen LogP) is 6.39. The Hall–Kier alpha value is -2.74. The van der Waals surface area contributed by atoms with Gasteiger partial charge in [-0.25, -0.2) is 0 Å². The number of hydrogen-bond donors (Lipinski definition) is 0. The summed E-state index contributed by atoms with van der Waals surface area (Å²) in [5.41, 5.74) is 6.96. The minimum Gasteiger partial charge on any atom is -0.496 e. The average Bonchev–Trinajstić information content (AvgIpc) is 2.58. The van der Waals surface area contributed by atoms with E-state index in [1.165, 1.54) is 11.1 Å². The Morgan fingerprint density at radius 2 is 1.04 bits per heavy atom. The summed E-state index contributed by atoms with van der Waals surface area (Å²) in [5.74, 6) is 2.75. The van der Waals surface area contributed by atoms with Crippen molar-refractivity contribution in [1.82, 2.24) is 0 Å². The first-order valence-corrected chi connectivity index (χ1v) is 8.49. The molecule has 0 amide bonds. The summed E-state index contributed by atoms with van der Waals surface area (Å²) in [6.07, 6.45) is 0. The second-order valence-corrected chi connectivity index (χ2v) is 6.50. The second kappa shape index (κ2) is 7.02. The van der Waals surface area contributed by atoms with Crippen LogP contribution in [0.25, 0.3) is 11.1 Å². The molecule has 0 spiro atoms. The molecule has 2 heteroatoms. The van der Waals surface area contributed by atoms with Crippen LogP contribution in [-0.4, -0.2) is 7.11 Å². The molecule has 0 unspecified atom stereocenters. The first-order chi connectivity index (χ1) is 12.0. The van der Waals surface area contributed by atoms with E-state index >= 15 is 0 Å². The van der Waals surface area contributed by atoms with E-state index in [4.69, 9.17) is 9.47 Å². The highest BCUT2D eigenvalue weighted by Crippen LogP contribution is 2.35. The van der Waals surface area contributed by atoms with Crippen molar-refractivity contribution in [3.63, 3.8) is 0 Å². The number of para-hydroxylation sites is 1. The van der Waals surface area contributed by atoms with Gasteiger partial charge in [-0.05, 0) is 97.5 Å². The van der Waals surface area contributed by atoms with Crippen molar-refractivity contribution in [2.45, 2.75) is 27.7 Å². The van der Waals surface area contributed by atoms with E-state index < -0.39 is 0 Å². The van der Waals surface area contributed by atoms with Crippen LogP contribution in [0.3, 0.4) is 0 Å². The molecule has 2 nitrogen and oxygen atoms in total. The Morgan fingerprint density at radius 1 is 0.600 bits per heavy atom. The first kappa shape index (κ1) is 17.1. The Bertz CT molecular complexity index is 849. The highest BCUT2D eigenvalue weighted by Gasteiger charge is 2.11. The second-order valence-electron chi connectivity index (χ2n) is 6.50. The molecule has 0 N–H and O–H groups in total. The van der Waals surface area contributed by atoms with E-state index in [-0.39, 0.29) is 0 Å². The van der Waals surface area contributed by atoms with Crippen LogP contribution in [0.15, 0.2) is 54.6 Å². The fourth-order valence-electron chi connectivity index (χ4n) is 3.32. The van der Waals surface area contributed by atoms with Gasteiger partial charge < -0.3 is 9.47 Å². The molecule has 3 aromatic rings. The van der Waals surface area contributed by atoms with Gasteiger partial charge in [-0.3, -0.25) is 0 Å². The maximum Gasteiger partial charge on any atom is 0.133 e. The van der Waals surface area contributed by atoms with Gasteiger partial charge in [0.25, 0.3) is 0 Å². The third-order valence-corrected chi connectivity index (χ3v) is 4.42. The molecule has 0 aliphatic carbocycles. The number of rotatable bonds is 4. The molecule has 128 valence electrons. The maximum absolute atomic E-state index is 6.09. The molecule has 0 fully saturated rings. The van der Waals surface area contributed by atoms with Crippen LogP contribution in [0.2, 0.25) is 0 Å². The molecule has 0 saturated carbocycles. The third-order valence-electron chi connectivity index (χ3n) is 4.42. The minimum absolute atomic E-state index is 0.859. The van der Waals surface area contributed by atoms with E-state index in [0.717, 1.165) is 39.5 Å². The number of aryl methyl sites for hydroxylation is 4. The Kier molecular flexibility index (Phi) is 4.80. The normalized spacial score (nSPS) is 10.6. The topological polar surface area (TPSA) is 18.5 Å². The first-order valence-electron chi connectivity index (χ1n) is 8.49. The fourth-order valence-corrected chi connectivity index (χ4v) is 3.32. The molecule has 0 saturated heterocycles. The Labute approximate surface area is 150 Å². The van der Waals surface area contributed by atoms with Gasteiger partial charge in [0.2, 0.25) is 0 Å². The van der Waals surface area contributed by atoms with Crippen LogP contribution in [0, 0.1) is 27.7 Å². The highest BCUT2D eigenvalue weighted by atomic mass is 16.5. The van der Waals surface area contributed by atoms with E-state index in [0.29, 0.717) is 0 Å². The SMILES string of the molecule is COc1c(C)cc(-c2cc(C)c(Oc3ccccc3)c(C)c2)cc1C. The lowest BCUT2D eigenvalue weighted by Gasteiger charge is -2.16. The molecule has 0 aliphatic rings. The quantitative estimate of drug-likeness (QED) is 0.551. The van der Waals surface area contributed by atoms with E-state index in [1.54, 1.807) is 7.11 Å². The zero-order valence-electron chi connectivity index (χ0n) is 15.5. The lowest BCUT2D eigenvalue weighted by atomic mass is 9.96. The van der Waals surface area contributed by atoms with E-state index in [1.807, 2.05) is 30.3 Å². The third kappa shape index (κ3) is 3.53. The van der Waals surface area contributed by atoms with Gasteiger partial charge in [0.05, 0.1) is 7.11 Å². The van der Waals surface area contributed by atoms with Crippen molar-refractivity contribution in [3.8, 4) is 28.4 Å². The van der Waals surface area contributed by atoms with Crippen molar-refractivity contribution in [2.75, 3.05) is 7.11 Å². The lowest BCUT2D eigenvalue weighted by Crippen LogP contribution is -1.95. The molecule has 0 heterocycles. The molecule has 25 heavy (non-hydrogen) atoms. The Balaban J connectivity index is 2.00. The summed E-state index contributed by atoms with van der Waals surface area (Å²) >= 11 is 0. The smallest absolute Gasteiger partial charge is 0.133 e. The molecular formula is C23H24O2. The average molecular weight is 332 g/mol. The Morgan fingerprint density at radius 3 is 1.48 bits per heavy atom. The van der Waals surface area contributed by atoms with Gasteiger partial charge in [-0.1, -0.05) is 18.2 Å². The van der Waals surface area contributed by atoms with Crippen molar-refractivity contribution in [3.05, 3.63) is 76.9 Å². The van der Waals surface area contributed by atoms with Crippen molar-refractivity contribution < 1.29 is 9.47 Å². The number of methoxy groups -OCH3 is 1. The molecule has 0 radical (unpaired) electrons. The molecular weight excluding hydrogens is 308 g/mol. The molecule has 3 aromatic carbocycles. The fraction of sp³-hybridized carbons (Fsp3) is 0.217. The van der Waals surface area contributed by atoms with Crippen LogP contribution in [0.5, 0.6) is 17.2 Å². The zero-order chi connectivity index (χ0) is 18.0. The number of benzene rings is 3. The van der Waals surface area contributed by atoms with Gasteiger partial charge >= 0.3 is 0 Å². The van der Waals surface area contributed by atoms with Crippen molar-refractivity contribution in [1.29, 1.82) is 0 Å². The summed E-state index contributed by atoms with van der Waals surface area (Å²) in [6.45, 7) is 8.36. The summed E-state index contributed by atoms with van der Waals surface area (Å²) in [4.78, 5) is 0. The highest BCUT2D eigenvalue weighted by molar-refractivity contribution is 5.70. The van der Waals surface area contributed by atoms with Crippen molar-refractivity contribution >= 4 is 0 Å². The molecule has 0 aliphatic heterocycles. The standard InChI is InChI=1S/C23H24O2/c1-15-11-19(12-16(2)22(15)24-5)20-13-17(3)23(18(4)14-20)25-21-9-7-6-8-10-21/h6-14H,1-5H3. The van der Waals surface area contributed by atoms with E-state index in [9.17, 15) is 0 Å². The zero-order valence-corrected chi connectivity index (χ0v) is 15.5. The van der Waals surface area contributed by atoms with Crippen LogP contribution < -0.4 is 9.47 Å². The van der Waals surface area contributed by atoms with E-state index in [2.05, 4.69) is 52.0 Å². The summed E-state index contributed by atoms with van der Waals surface area (Å²) < 4.78 is 11.6. The molecule has 3 rings (SSSR count). The van der Waals surface area contributed by atoms with Crippen LogP contribution in [0.4, 0.5) is 0 Å². The van der Waals surface area contributed by atoms with Gasteiger partial charge in [0.1, 0.15) is 17.2 Å². The van der Waals surface area contributed by atoms with Gasteiger partial charge in [-0.2, -0.15) is 0 Å². The van der Waals surface area contributed by atoms with Gasteiger partial charge in [0, 0.05) is 0 Å². The van der Waals surface area contributed by atoms with Crippen LogP contribution in [0.1, 0.15) is 22.3 Å². The summed E-state index contributed by atoms with van der Waals surface area (Å²) in [7, 11) is 1.72. The lowest BCUT2D eigenvalue weighted by molar-refractivity contribution is 0.408. The maximum atomic E-state index is 6.09. The number of ether oxygens (including phenoxy) is 2. The molecule has 0 atom stereocenters. The summed E-state index contributed by atoms with van der Waals surface area (Å²) in [6, 6.07) is 18.6. The van der Waals surface area contributed by atoms with Crippen LogP contribution in [-0.2, 0) is 0 Å². The van der Waals surface area contributed by atoms with Gasteiger partial charge in [-0.15, -0.1) is 0 Å². The van der Waals surface area contributed by atoms with Crippen LogP contribution >= 0.6 is 0 Å². The monoisotopic (exact) mass is 332 g/mol. The van der Waals surface area contributed by atoms with Gasteiger partial charge in [0.15, 0.2) is 0 Å².